The number of aromatic nitrogens is 2. The van der Waals surface area contributed by atoms with E-state index in [9.17, 15) is 4.79 Å². The van der Waals surface area contributed by atoms with E-state index in [1.54, 1.807) is 0 Å². The van der Waals surface area contributed by atoms with E-state index in [2.05, 4.69) is 49.1 Å². The summed E-state index contributed by atoms with van der Waals surface area (Å²) >= 11 is 0. The molecule has 0 aliphatic carbocycles. The van der Waals surface area contributed by atoms with Crippen LogP contribution < -0.4 is 5.32 Å². The van der Waals surface area contributed by atoms with E-state index >= 15 is 0 Å². The zero-order valence-corrected chi connectivity index (χ0v) is 17.1. The summed E-state index contributed by atoms with van der Waals surface area (Å²) in [7, 11) is 0. The molecule has 1 fully saturated rings. The second-order valence-electron chi connectivity index (χ2n) is 7.29. The number of nitrogens with one attached hydrogen (secondary N) is 1. The lowest BCUT2D eigenvalue weighted by atomic mass is 10.0. The molecule has 6 heteroatoms. The van der Waals surface area contributed by atoms with Gasteiger partial charge in [0.2, 0.25) is 5.91 Å². The molecule has 146 valence electrons. The third-order valence-electron chi connectivity index (χ3n) is 5.54. The number of rotatable bonds is 6. The zero-order valence-electron chi connectivity index (χ0n) is 17.1. The monoisotopic (exact) mass is 369 g/mol. The summed E-state index contributed by atoms with van der Waals surface area (Å²) in [5.41, 5.74) is 3.16. The van der Waals surface area contributed by atoms with Gasteiger partial charge in [0.05, 0.1) is 11.9 Å². The molecule has 1 aromatic rings. The smallest absolute Gasteiger partial charge is 0.247 e. The largest absolute Gasteiger partial charge is 0.340 e. The van der Waals surface area contributed by atoms with Crippen LogP contribution in [0.1, 0.15) is 65.4 Å². The number of piperazine rings is 1. The summed E-state index contributed by atoms with van der Waals surface area (Å²) in [6.07, 6.45) is 10.4. The predicted molar refractivity (Wildman–Crippen MR) is 109 cm³/mol. The van der Waals surface area contributed by atoms with Gasteiger partial charge in [-0.05, 0) is 50.2 Å². The molecule has 6 nitrogen and oxygen atoms in total. The maximum absolute atomic E-state index is 12.8. The molecule has 0 spiro atoms. The molecule has 1 atom stereocenters. The van der Waals surface area contributed by atoms with Crippen molar-refractivity contribution >= 4 is 17.6 Å². The molecule has 27 heavy (non-hydrogen) atoms. The Morgan fingerprint density at radius 2 is 2.00 bits per heavy atom. The Labute approximate surface area is 162 Å². The van der Waals surface area contributed by atoms with E-state index in [1.165, 1.54) is 5.57 Å². The highest BCUT2D eigenvalue weighted by atomic mass is 16.2. The van der Waals surface area contributed by atoms with E-state index in [-0.39, 0.29) is 18.0 Å². The summed E-state index contributed by atoms with van der Waals surface area (Å²) in [5, 5.41) is 7.61. The van der Waals surface area contributed by atoms with Crippen molar-refractivity contribution in [1.29, 1.82) is 0 Å². The first-order valence-corrected chi connectivity index (χ1v) is 10.2. The highest BCUT2D eigenvalue weighted by Crippen LogP contribution is 2.30. The minimum absolute atomic E-state index is 0.0750. The van der Waals surface area contributed by atoms with Crippen LogP contribution in [0, 0.1) is 6.92 Å². The second-order valence-corrected chi connectivity index (χ2v) is 7.29. The average molecular weight is 370 g/mol. The fourth-order valence-corrected chi connectivity index (χ4v) is 3.98. The van der Waals surface area contributed by atoms with Gasteiger partial charge in [0.25, 0.3) is 0 Å². The number of hydrogen-bond donors (Lipinski definition) is 1. The fraction of sp³-hybridized carbons (Fsp3) is 0.571. The van der Waals surface area contributed by atoms with Crippen molar-refractivity contribution in [2.75, 3.05) is 0 Å². The van der Waals surface area contributed by atoms with Crippen LogP contribution >= 0.6 is 0 Å². The Hall–Kier alpha value is -2.37. The van der Waals surface area contributed by atoms with E-state index in [4.69, 9.17) is 4.99 Å². The number of fused-ring (bicyclic) bond motifs is 1. The molecule has 0 aromatic carbocycles. The van der Waals surface area contributed by atoms with E-state index in [1.807, 2.05) is 24.0 Å². The molecule has 1 N–H and O–H groups in total. The first-order chi connectivity index (χ1) is 13.0. The average Bonchev–Trinajstić information content (AvgIpc) is 3.00. The molecule has 0 radical (unpaired) electrons. The predicted octanol–water partition coefficient (Wildman–Crippen LogP) is 3.86. The standard InChI is InChI=1S/C21H31N5O/c1-6-15-10-11-17-20(24-19(15)25-13-14(5)12-22-25)26(16(7-2)8-3)18(9-4)21(27)23-17/h11-13,16,18H,6-10H2,1-5H3,(H,23,27). The summed E-state index contributed by atoms with van der Waals surface area (Å²) in [4.78, 5) is 20.1. The molecule has 2 aliphatic rings. The van der Waals surface area contributed by atoms with Gasteiger partial charge in [0, 0.05) is 12.2 Å². The van der Waals surface area contributed by atoms with Crippen LogP contribution in [-0.2, 0) is 4.79 Å². The van der Waals surface area contributed by atoms with Crippen LogP contribution in [0.25, 0.3) is 5.82 Å². The molecule has 2 aliphatic heterocycles. The highest BCUT2D eigenvalue weighted by molar-refractivity contribution is 6.09. The van der Waals surface area contributed by atoms with Crippen molar-refractivity contribution in [2.45, 2.75) is 78.8 Å². The molecule has 3 rings (SSSR count). The highest BCUT2D eigenvalue weighted by Gasteiger charge is 2.38. The maximum atomic E-state index is 12.8. The quantitative estimate of drug-likeness (QED) is 0.828. The minimum atomic E-state index is -0.186. The summed E-state index contributed by atoms with van der Waals surface area (Å²) in [6, 6.07) is 0.0986. The van der Waals surface area contributed by atoms with Gasteiger partial charge in [0.15, 0.2) is 11.7 Å². The van der Waals surface area contributed by atoms with E-state index in [0.29, 0.717) is 0 Å². The maximum Gasteiger partial charge on any atom is 0.247 e. The number of aliphatic imine (C=N–C) groups is 1. The van der Waals surface area contributed by atoms with Crippen LogP contribution in [0.15, 0.2) is 34.7 Å². The molecule has 1 amide bonds. The van der Waals surface area contributed by atoms with Gasteiger partial charge < -0.3 is 10.2 Å². The molecule has 3 heterocycles. The Morgan fingerprint density at radius 3 is 2.56 bits per heavy atom. The normalized spacial score (nSPS) is 20.3. The van der Waals surface area contributed by atoms with Crippen molar-refractivity contribution in [3.8, 4) is 0 Å². The van der Waals surface area contributed by atoms with Crippen LogP contribution in [0.5, 0.6) is 0 Å². The second kappa shape index (κ2) is 8.11. The lowest BCUT2D eigenvalue weighted by Gasteiger charge is -2.43. The van der Waals surface area contributed by atoms with E-state index < -0.39 is 0 Å². The van der Waals surface area contributed by atoms with Gasteiger partial charge in [-0.25, -0.2) is 9.67 Å². The van der Waals surface area contributed by atoms with Gasteiger partial charge in [-0.3, -0.25) is 4.79 Å². The van der Waals surface area contributed by atoms with Gasteiger partial charge in [-0.1, -0.05) is 33.8 Å². The fourth-order valence-electron chi connectivity index (χ4n) is 3.98. The minimum Gasteiger partial charge on any atom is -0.340 e. The molecule has 1 unspecified atom stereocenters. The van der Waals surface area contributed by atoms with Crippen LogP contribution in [-0.4, -0.2) is 38.5 Å². The molecule has 1 saturated heterocycles. The molecule has 1 aromatic heterocycles. The number of amidine groups is 1. The molecule has 0 saturated carbocycles. The van der Waals surface area contributed by atoms with Crippen LogP contribution in [0.2, 0.25) is 0 Å². The lowest BCUT2D eigenvalue weighted by molar-refractivity contribution is -0.126. The lowest BCUT2D eigenvalue weighted by Crippen LogP contribution is -2.60. The molecular formula is C21H31N5O. The van der Waals surface area contributed by atoms with Gasteiger partial charge >= 0.3 is 0 Å². The summed E-state index contributed by atoms with van der Waals surface area (Å²) < 4.78 is 1.88. The number of hydrogen-bond acceptors (Lipinski definition) is 4. The molecule has 0 bridgehead atoms. The number of carbonyl (C=O) groups is 1. The van der Waals surface area contributed by atoms with Crippen molar-refractivity contribution in [1.82, 2.24) is 20.0 Å². The molecular weight excluding hydrogens is 338 g/mol. The van der Waals surface area contributed by atoms with Crippen LogP contribution in [0.3, 0.4) is 0 Å². The number of amides is 1. The number of nitrogens with zero attached hydrogens (tertiary/aromatic N) is 4. The number of carbonyl (C=O) groups excluding carboxylic acids is 1. The van der Waals surface area contributed by atoms with Crippen molar-refractivity contribution in [3.63, 3.8) is 0 Å². The Kier molecular flexibility index (Phi) is 5.82. The third-order valence-corrected chi connectivity index (χ3v) is 5.54. The topological polar surface area (TPSA) is 62.5 Å². The number of allylic oxidation sites excluding steroid dienone is 2. The van der Waals surface area contributed by atoms with Crippen LogP contribution in [0.4, 0.5) is 0 Å². The SMILES string of the molecule is CCC1=C(n2cc(C)cn2)N=C2C(=CC1)NC(=O)C(CC)N2C(CC)CC. The Morgan fingerprint density at radius 1 is 1.26 bits per heavy atom. The van der Waals surface area contributed by atoms with Crippen molar-refractivity contribution in [2.24, 2.45) is 4.99 Å². The van der Waals surface area contributed by atoms with Gasteiger partial charge in [0.1, 0.15) is 6.04 Å². The Balaban J connectivity index is 2.16. The van der Waals surface area contributed by atoms with Crippen molar-refractivity contribution < 1.29 is 4.79 Å². The van der Waals surface area contributed by atoms with Crippen molar-refractivity contribution in [3.05, 3.63) is 35.3 Å². The first-order valence-electron chi connectivity index (χ1n) is 10.2. The zero-order chi connectivity index (χ0) is 19.6. The first kappa shape index (κ1) is 19.4. The number of aryl methyl sites for hydroxylation is 1. The van der Waals surface area contributed by atoms with E-state index in [0.717, 1.165) is 55.0 Å². The van der Waals surface area contributed by atoms with Gasteiger partial charge in [-0.2, -0.15) is 5.10 Å². The Bertz CT molecular complexity index is 797. The summed E-state index contributed by atoms with van der Waals surface area (Å²) in [6.45, 7) is 10.6. The third kappa shape index (κ3) is 3.57. The summed E-state index contributed by atoms with van der Waals surface area (Å²) in [5.74, 6) is 1.83. The van der Waals surface area contributed by atoms with Gasteiger partial charge in [-0.15, -0.1) is 0 Å².